The van der Waals surface area contributed by atoms with Crippen LogP contribution in [0.5, 0.6) is 0 Å². The number of cyclic esters (lactones) is 1. The van der Waals surface area contributed by atoms with Gasteiger partial charge in [0.15, 0.2) is 0 Å². The van der Waals surface area contributed by atoms with Crippen molar-refractivity contribution in [3.05, 3.63) is 73.7 Å². The number of fused-ring (bicyclic) bond motifs is 2. The molecule has 0 aliphatic carbocycles. The SMILES string of the molecule is Cc1nc2cc(-c3nc(CO)c(C(F)(F)F)s3)c(N[C@H]3CCN4C(=O)OC[C@@H]4C3)cc2c(=O)n1Cc1ccc(Cl)cc1. The normalized spacial score (nSPS) is 18.8. The molecule has 0 unspecified atom stereocenters. The molecule has 6 rings (SSSR count). The Balaban J connectivity index is 1.45. The predicted molar refractivity (Wildman–Crippen MR) is 152 cm³/mol. The van der Waals surface area contributed by atoms with Crippen LogP contribution in [0.25, 0.3) is 21.5 Å². The number of alkyl halides is 3. The van der Waals surface area contributed by atoms with Crippen LogP contribution in [0.1, 0.15) is 34.8 Å². The Bertz CT molecular complexity index is 1740. The van der Waals surface area contributed by atoms with Gasteiger partial charge in [-0.05, 0) is 49.6 Å². The first kappa shape index (κ1) is 28.4. The lowest BCUT2D eigenvalue weighted by Crippen LogP contribution is -2.45. The third kappa shape index (κ3) is 5.32. The van der Waals surface area contributed by atoms with Crippen LogP contribution in [0.3, 0.4) is 0 Å². The van der Waals surface area contributed by atoms with Crippen LogP contribution in [0.15, 0.2) is 41.2 Å². The average molecular weight is 620 g/mol. The van der Waals surface area contributed by atoms with Gasteiger partial charge >= 0.3 is 12.3 Å². The van der Waals surface area contributed by atoms with E-state index in [1.165, 1.54) is 4.57 Å². The standard InChI is InChI=1S/C28H25ClF3N5O4S/c1-14-33-22-9-19(25-35-23(12-38)24(42-25)28(30,31)32)21(34-17-6-7-36-18(8-17)13-41-27(36)40)10-20(22)26(39)37(14)11-15-2-4-16(29)5-3-15/h2-5,9-10,17-18,34,38H,6-8,11-13H2,1H3/t17-,18-/m0/s1. The molecule has 14 heteroatoms. The number of hydrogen-bond donors (Lipinski definition) is 2. The average Bonchev–Trinajstić information content (AvgIpc) is 3.56. The maximum atomic E-state index is 13.7. The van der Waals surface area contributed by atoms with Gasteiger partial charge in [0.25, 0.3) is 5.56 Å². The molecule has 2 aromatic heterocycles. The molecular weight excluding hydrogens is 595 g/mol. The second-order valence-electron chi connectivity index (χ2n) is 10.3. The van der Waals surface area contributed by atoms with E-state index in [0.29, 0.717) is 58.3 Å². The van der Waals surface area contributed by atoms with Crippen LogP contribution >= 0.6 is 22.9 Å². The molecule has 42 heavy (non-hydrogen) atoms. The molecule has 1 amide bonds. The Morgan fingerprint density at radius 1 is 1.19 bits per heavy atom. The molecule has 2 aromatic carbocycles. The van der Waals surface area contributed by atoms with Gasteiger partial charge in [-0.3, -0.25) is 9.36 Å². The van der Waals surface area contributed by atoms with Crippen molar-refractivity contribution in [1.29, 1.82) is 0 Å². The number of aromatic nitrogens is 3. The minimum Gasteiger partial charge on any atom is -0.447 e. The molecule has 2 aliphatic heterocycles. The highest BCUT2D eigenvalue weighted by Crippen LogP contribution is 2.42. The molecule has 220 valence electrons. The Morgan fingerprint density at radius 3 is 2.64 bits per heavy atom. The fourth-order valence-electron chi connectivity index (χ4n) is 5.48. The highest BCUT2D eigenvalue weighted by molar-refractivity contribution is 7.15. The Labute approximate surface area is 246 Å². The van der Waals surface area contributed by atoms with Gasteiger partial charge in [0, 0.05) is 28.9 Å². The fourth-order valence-corrected chi connectivity index (χ4v) is 6.58. The lowest BCUT2D eigenvalue weighted by molar-refractivity contribution is -0.135. The number of hydrogen-bond acceptors (Lipinski definition) is 8. The molecule has 0 bridgehead atoms. The first-order valence-electron chi connectivity index (χ1n) is 13.2. The van der Waals surface area contributed by atoms with E-state index >= 15 is 0 Å². The van der Waals surface area contributed by atoms with Crippen molar-refractivity contribution in [3.8, 4) is 10.6 Å². The summed E-state index contributed by atoms with van der Waals surface area (Å²) in [4.78, 5) is 35.2. The van der Waals surface area contributed by atoms with E-state index < -0.39 is 23.4 Å². The first-order valence-corrected chi connectivity index (χ1v) is 14.4. The van der Waals surface area contributed by atoms with Gasteiger partial charge in [-0.2, -0.15) is 13.2 Å². The highest BCUT2D eigenvalue weighted by Gasteiger charge is 2.39. The summed E-state index contributed by atoms with van der Waals surface area (Å²) in [6.07, 6.45) is -3.91. The van der Waals surface area contributed by atoms with E-state index in [1.54, 1.807) is 36.1 Å². The minimum atomic E-state index is -4.69. The number of aliphatic hydroxyl groups excluding tert-OH is 1. The van der Waals surface area contributed by atoms with E-state index in [4.69, 9.17) is 16.3 Å². The van der Waals surface area contributed by atoms with Crippen molar-refractivity contribution >= 4 is 45.6 Å². The third-order valence-electron chi connectivity index (χ3n) is 7.58. The summed E-state index contributed by atoms with van der Waals surface area (Å²) < 4.78 is 47.9. The molecule has 9 nitrogen and oxygen atoms in total. The number of piperidine rings is 1. The van der Waals surface area contributed by atoms with Crippen LogP contribution in [0, 0.1) is 6.92 Å². The van der Waals surface area contributed by atoms with Crippen molar-refractivity contribution < 1.29 is 27.8 Å². The fraction of sp³-hybridized carbons (Fsp3) is 0.357. The Kier molecular flexibility index (Phi) is 7.36. The number of amides is 1. The zero-order valence-corrected chi connectivity index (χ0v) is 23.8. The maximum Gasteiger partial charge on any atom is 0.427 e. The van der Waals surface area contributed by atoms with E-state index in [0.717, 1.165) is 5.56 Å². The topological polar surface area (TPSA) is 110 Å². The summed E-state index contributed by atoms with van der Waals surface area (Å²) in [6, 6.07) is 10.0. The zero-order valence-electron chi connectivity index (χ0n) is 22.2. The minimum absolute atomic E-state index is 0.0392. The maximum absolute atomic E-state index is 13.7. The summed E-state index contributed by atoms with van der Waals surface area (Å²) in [7, 11) is 0. The predicted octanol–water partition coefficient (Wildman–Crippen LogP) is 5.44. The monoisotopic (exact) mass is 619 g/mol. The molecule has 2 saturated heterocycles. The number of thiazole rings is 1. The summed E-state index contributed by atoms with van der Waals surface area (Å²) in [5.41, 5.74) is 1.13. The molecule has 2 N–H and O–H groups in total. The van der Waals surface area contributed by atoms with Crippen molar-refractivity contribution in [2.24, 2.45) is 0 Å². The van der Waals surface area contributed by atoms with Gasteiger partial charge < -0.3 is 20.1 Å². The molecule has 0 radical (unpaired) electrons. The van der Waals surface area contributed by atoms with Crippen molar-refractivity contribution in [2.45, 2.75) is 51.2 Å². The molecule has 2 atom stereocenters. The van der Waals surface area contributed by atoms with E-state index in [1.807, 2.05) is 12.1 Å². The summed E-state index contributed by atoms with van der Waals surface area (Å²) in [5.74, 6) is 0.429. The zero-order chi connectivity index (χ0) is 29.8. The summed E-state index contributed by atoms with van der Waals surface area (Å²) >= 11 is 6.43. The number of aryl methyl sites for hydroxylation is 1. The molecule has 0 spiro atoms. The van der Waals surface area contributed by atoms with Gasteiger partial charge in [0.05, 0.1) is 35.8 Å². The third-order valence-corrected chi connectivity index (χ3v) is 9.01. The number of aliphatic hydroxyl groups is 1. The van der Waals surface area contributed by atoms with Crippen molar-refractivity contribution in [3.63, 3.8) is 0 Å². The lowest BCUT2D eigenvalue weighted by atomic mass is 9.97. The van der Waals surface area contributed by atoms with E-state index in [-0.39, 0.29) is 47.3 Å². The van der Waals surface area contributed by atoms with E-state index in [9.17, 15) is 27.9 Å². The Morgan fingerprint density at radius 2 is 1.95 bits per heavy atom. The quantitative estimate of drug-likeness (QED) is 0.296. The highest BCUT2D eigenvalue weighted by atomic mass is 35.5. The number of benzene rings is 2. The van der Waals surface area contributed by atoms with Crippen LogP contribution in [0.4, 0.5) is 23.7 Å². The van der Waals surface area contributed by atoms with Gasteiger partial charge in [-0.1, -0.05) is 23.7 Å². The molecular formula is C28H25ClF3N5O4S. The summed E-state index contributed by atoms with van der Waals surface area (Å²) in [5, 5.41) is 13.9. The van der Waals surface area contributed by atoms with Crippen LogP contribution < -0.4 is 10.9 Å². The number of halogens is 4. The number of anilines is 1. The lowest BCUT2D eigenvalue weighted by Gasteiger charge is -2.33. The molecule has 4 aromatic rings. The van der Waals surface area contributed by atoms with Gasteiger partial charge in [0.1, 0.15) is 22.3 Å². The second kappa shape index (κ2) is 10.9. The second-order valence-corrected chi connectivity index (χ2v) is 11.8. The van der Waals surface area contributed by atoms with Crippen LogP contribution in [-0.2, 0) is 24.1 Å². The molecule has 2 fully saturated rings. The van der Waals surface area contributed by atoms with Crippen LogP contribution in [0.2, 0.25) is 5.02 Å². The number of carbonyl (C=O) groups is 1. The number of nitrogens with zero attached hydrogens (tertiary/aromatic N) is 4. The van der Waals surface area contributed by atoms with Crippen molar-refractivity contribution in [1.82, 2.24) is 19.4 Å². The number of nitrogens with one attached hydrogen (secondary N) is 1. The first-order chi connectivity index (χ1) is 20.0. The summed E-state index contributed by atoms with van der Waals surface area (Å²) in [6.45, 7) is 1.80. The van der Waals surface area contributed by atoms with E-state index in [2.05, 4.69) is 15.3 Å². The van der Waals surface area contributed by atoms with Gasteiger partial charge in [0.2, 0.25) is 0 Å². The van der Waals surface area contributed by atoms with Gasteiger partial charge in [-0.25, -0.2) is 14.8 Å². The molecule has 2 aliphatic rings. The smallest absolute Gasteiger partial charge is 0.427 e. The van der Waals surface area contributed by atoms with Crippen LogP contribution in [-0.4, -0.2) is 55.9 Å². The largest absolute Gasteiger partial charge is 0.447 e. The number of ether oxygens (including phenoxy) is 1. The number of carbonyl (C=O) groups excluding carboxylic acids is 1. The Hall–Kier alpha value is -3.68. The molecule has 4 heterocycles. The van der Waals surface area contributed by atoms with Gasteiger partial charge in [-0.15, -0.1) is 11.3 Å². The van der Waals surface area contributed by atoms with Crippen molar-refractivity contribution in [2.75, 3.05) is 18.5 Å². The molecule has 0 saturated carbocycles. The number of rotatable bonds is 6.